The van der Waals surface area contributed by atoms with E-state index in [4.69, 9.17) is 9.47 Å². The molecule has 0 amide bonds. The van der Waals surface area contributed by atoms with E-state index in [1.165, 1.54) is 159 Å². The van der Waals surface area contributed by atoms with Crippen molar-refractivity contribution in [1.29, 1.82) is 0 Å². The SMILES string of the molecule is CC1(C)N2C3=C(CC(C4CCCCC4)CC3C13CCCCC3)B1C3OC4C=CCCC4C3N(C3=C4OC5C=CC=CC5C4CC=C3)C3C=C(N(C4C=CCCC4)C4CCCCC4)CC2C13. The number of hydrogen-bond donors (Lipinski definition) is 0. The molecule has 9 aliphatic carbocycles. The topological polar surface area (TPSA) is 28.2 Å². The first-order chi connectivity index (χ1) is 32.0. The lowest BCUT2D eigenvalue weighted by Crippen LogP contribution is -2.71. The molecular weight excluding hydrogens is 793 g/mol. The molecule has 5 nitrogen and oxygen atoms in total. The maximum atomic E-state index is 7.87. The molecule has 346 valence electrons. The van der Waals surface area contributed by atoms with Gasteiger partial charge in [-0.2, -0.15) is 0 Å². The highest BCUT2D eigenvalue weighted by Gasteiger charge is 2.72. The number of hydrogen-bond acceptors (Lipinski definition) is 5. The fraction of sp³-hybridized carbons (Fsp3) is 0.729. The van der Waals surface area contributed by atoms with Crippen molar-refractivity contribution in [3.8, 4) is 0 Å². The van der Waals surface area contributed by atoms with E-state index >= 15 is 0 Å². The third-order valence-corrected chi connectivity index (χ3v) is 22.0. The van der Waals surface area contributed by atoms with Crippen LogP contribution in [0.2, 0.25) is 5.82 Å². The van der Waals surface area contributed by atoms with Crippen LogP contribution in [0.25, 0.3) is 0 Å². The first kappa shape index (κ1) is 41.1. The first-order valence-electron chi connectivity index (χ1n) is 28.2. The molecule has 7 fully saturated rings. The van der Waals surface area contributed by atoms with E-state index in [1.54, 1.807) is 5.70 Å². The lowest BCUT2D eigenvalue weighted by molar-refractivity contribution is -0.0181. The van der Waals surface area contributed by atoms with Gasteiger partial charge in [-0.3, -0.25) is 0 Å². The maximum Gasteiger partial charge on any atom is 0.217 e. The summed E-state index contributed by atoms with van der Waals surface area (Å²) < 4.78 is 15.2. The summed E-state index contributed by atoms with van der Waals surface area (Å²) in [7, 11) is 0. The fourth-order valence-corrected chi connectivity index (χ4v) is 19.4. The van der Waals surface area contributed by atoms with Crippen LogP contribution in [0.15, 0.2) is 95.2 Å². The third-order valence-electron chi connectivity index (χ3n) is 22.0. The van der Waals surface area contributed by atoms with Gasteiger partial charge in [0.1, 0.15) is 11.9 Å². The summed E-state index contributed by atoms with van der Waals surface area (Å²) >= 11 is 0. The van der Waals surface area contributed by atoms with Gasteiger partial charge in [0.15, 0.2) is 0 Å². The molecule has 0 radical (unpaired) electrons. The highest BCUT2D eigenvalue weighted by atomic mass is 16.5. The van der Waals surface area contributed by atoms with Crippen LogP contribution in [0.5, 0.6) is 0 Å². The van der Waals surface area contributed by atoms with Gasteiger partial charge < -0.3 is 24.2 Å². The Bertz CT molecular complexity index is 2140. The van der Waals surface area contributed by atoms with Gasteiger partial charge in [0.05, 0.1) is 23.8 Å². The van der Waals surface area contributed by atoms with Gasteiger partial charge in [-0.1, -0.05) is 125 Å². The molecule has 0 N–H and O–H groups in total. The summed E-state index contributed by atoms with van der Waals surface area (Å²) in [4.78, 5) is 9.53. The van der Waals surface area contributed by atoms with Crippen molar-refractivity contribution in [3.05, 3.63) is 95.2 Å². The first-order valence-corrected chi connectivity index (χ1v) is 28.2. The van der Waals surface area contributed by atoms with Gasteiger partial charge in [-0.25, -0.2) is 0 Å². The number of fused-ring (bicyclic) bond motifs is 10. The van der Waals surface area contributed by atoms with E-state index in [1.807, 2.05) is 11.2 Å². The molecule has 13 atom stereocenters. The van der Waals surface area contributed by atoms with Gasteiger partial charge in [0, 0.05) is 76.6 Å². The van der Waals surface area contributed by atoms with Gasteiger partial charge in [-0.05, 0) is 127 Å². The van der Waals surface area contributed by atoms with E-state index in [9.17, 15) is 0 Å². The highest BCUT2D eigenvalue weighted by Crippen LogP contribution is 2.71. The van der Waals surface area contributed by atoms with Crippen LogP contribution in [0.3, 0.4) is 0 Å². The summed E-state index contributed by atoms with van der Waals surface area (Å²) in [6.07, 6.45) is 60.8. The average molecular weight is 874 g/mol. The third kappa shape index (κ3) is 6.04. The zero-order valence-corrected chi connectivity index (χ0v) is 40.2. The molecule has 0 aromatic carbocycles. The Hall–Kier alpha value is -2.86. The van der Waals surface area contributed by atoms with E-state index < -0.39 is 0 Å². The van der Waals surface area contributed by atoms with Crippen LogP contribution in [-0.2, 0) is 9.47 Å². The predicted octanol–water partition coefficient (Wildman–Crippen LogP) is 13.0. The van der Waals surface area contributed by atoms with Gasteiger partial charge in [0.2, 0.25) is 6.71 Å². The van der Waals surface area contributed by atoms with Crippen molar-refractivity contribution in [3.63, 3.8) is 0 Å². The molecule has 3 saturated carbocycles. The van der Waals surface area contributed by atoms with E-state index in [-0.39, 0.29) is 23.8 Å². The van der Waals surface area contributed by atoms with E-state index in [0.717, 1.165) is 18.3 Å². The van der Waals surface area contributed by atoms with Crippen LogP contribution in [0.1, 0.15) is 168 Å². The number of allylic oxidation sites excluding steroid dienone is 9. The Morgan fingerprint density at radius 2 is 1.55 bits per heavy atom. The highest BCUT2D eigenvalue weighted by molar-refractivity contribution is 6.71. The summed E-state index contributed by atoms with van der Waals surface area (Å²) in [5, 5.41) is 0. The van der Waals surface area contributed by atoms with Gasteiger partial charge in [-0.15, -0.1) is 0 Å². The van der Waals surface area contributed by atoms with Gasteiger partial charge in [0.25, 0.3) is 0 Å². The van der Waals surface area contributed by atoms with E-state index in [2.05, 4.69) is 95.4 Å². The molecule has 65 heavy (non-hydrogen) atoms. The van der Waals surface area contributed by atoms with E-state index in [0.29, 0.717) is 71.8 Å². The van der Waals surface area contributed by atoms with Crippen molar-refractivity contribution in [2.75, 3.05) is 0 Å². The van der Waals surface area contributed by atoms with Gasteiger partial charge >= 0.3 is 0 Å². The summed E-state index contributed by atoms with van der Waals surface area (Å²) in [5.41, 5.74) is 7.47. The molecule has 4 saturated heterocycles. The molecular formula is C59H80BN3O2. The maximum absolute atomic E-state index is 7.87. The number of nitrogens with zero attached hydrogens (tertiary/aromatic N) is 3. The quantitative estimate of drug-likeness (QED) is 0.203. The number of ether oxygens (including phenoxy) is 2. The minimum Gasteiger partial charge on any atom is -0.488 e. The van der Waals surface area contributed by atoms with Crippen molar-refractivity contribution >= 4 is 6.71 Å². The Morgan fingerprint density at radius 3 is 2.38 bits per heavy atom. The molecule has 14 aliphatic rings. The largest absolute Gasteiger partial charge is 0.488 e. The Morgan fingerprint density at radius 1 is 0.754 bits per heavy atom. The minimum atomic E-state index is 0.124. The molecule has 5 heterocycles. The zero-order valence-electron chi connectivity index (χ0n) is 40.2. The van der Waals surface area contributed by atoms with Crippen molar-refractivity contribution in [1.82, 2.24) is 14.7 Å². The average Bonchev–Trinajstić information content (AvgIpc) is 3.99. The fourth-order valence-electron chi connectivity index (χ4n) is 19.4. The van der Waals surface area contributed by atoms with Crippen molar-refractivity contribution in [2.24, 2.45) is 40.9 Å². The minimum absolute atomic E-state index is 0.124. The molecule has 14 rings (SSSR count). The lowest BCUT2D eigenvalue weighted by Gasteiger charge is -2.63. The molecule has 6 heteroatoms. The predicted molar refractivity (Wildman–Crippen MR) is 264 cm³/mol. The second-order valence-corrected chi connectivity index (χ2v) is 24.9. The Balaban J connectivity index is 0.998. The zero-order chi connectivity index (χ0) is 43.0. The summed E-state index contributed by atoms with van der Waals surface area (Å²) in [6, 6.07) is 2.52. The van der Waals surface area contributed by atoms with Crippen LogP contribution >= 0.6 is 0 Å². The Kier molecular flexibility index (Phi) is 10.0. The van der Waals surface area contributed by atoms with Crippen LogP contribution in [0, 0.1) is 40.9 Å². The molecule has 1 spiro atoms. The van der Waals surface area contributed by atoms with Crippen molar-refractivity contribution < 1.29 is 9.47 Å². The smallest absolute Gasteiger partial charge is 0.217 e. The molecule has 0 aromatic heterocycles. The second kappa shape index (κ2) is 15.8. The Labute approximate surface area is 393 Å². The normalized spacial score (nSPS) is 43.2. The van der Waals surface area contributed by atoms with Crippen LogP contribution in [0.4, 0.5) is 0 Å². The summed E-state index contributed by atoms with van der Waals surface area (Å²) in [5.74, 6) is 5.59. The summed E-state index contributed by atoms with van der Waals surface area (Å²) in [6.45, 7) is 6.09. The number of rotatable bonds is 5. The van der Waals surface area contributed by atoms with Crippen LogP contribution in [-0.4, -0.2) is 75.4 Å². The molecule has 0 bridgehead atoms. The standard InChI is InChI=1S/C59H80BN3O2/c1-58(2)59(32-17-6-18-33-59)46-34-39(38-20-7-3-8-21-38)35-47-55(46)63(58)50-37-42(61(40-22-9-4-10-23-40)41-24-11-5-12-25-41)36-49-53(50)60(47)57-54(45-27-14-16-31-52(45)65-57)62(49)48-29-19-28-44-43-26-13-15-30-51(43)64-56(44)48/h9,13,15-16,19,22,26,29-31,36,38-41,43-46,49-54,57H,3-8,10-12,14,17-18,20-21,23-25,27-28,32-35,37H2,1-2H3. The molecule has 13 unspecified atom stereocenters. The second-order valence-electron chi connectivity index (χ2n) is 24.9. The molecule has 5 aliphatic heterocycles. The van der Waals surface area contributed by atoms with Crippen LogP contribution < -0.4 is 0 Å². The van der Waals surface area contributed by atoms with Crippen molar-refractivity contribution in [2.45, 2.75) is 228 Å². The molecule has 0 aromatic rings. The monoisotopic (exact) mass is 874 g/mol. The lowest BCUT2D eigenvalue weighted by atomic mass is 9.24.